The van der Waals surface area contributed by atoms with Gasteiger partial charge in [-0.3, -0.25) is 0 Å². The van der Waals surface area contributed by atoms with Crippen LogP contribution >= 0.6 is 11.3 Å². The Kier molecular flexibility index (Phi) is 4.52. The first-order valence-corrected chi connectivity index (χ1v) is 10.6. The zero-order chi connectivity index (χ0) is 20.8. The summed E-state index contributed by atoms with van der Waals surface area (Å²) in [7, 11) is 2.15. The van der Waals surface area contributed by atoms with Crippen molar-refractivity contribution >= 4 is 33.1 Å². The summed E-state index contributed by atoms with van der Waals surface area (Å²) >= 11 is 1.48. The van der Waals surface area contributed by atoms with Crippen LogP contribution in [0, 0.1) is 6.92 Å². The van der Waals surface area contributed by atoms with Crippen molar-refractivity contribution in [1.29, 1.82) is 0 Å². The SMILES string of the molecule is Cc1cc(-c2cnc(N)c(Oc3csc4c(N)nccc34)n2)cc2c1CCN(C)C2. The van der Waals surface area contributed by atoms with E-state index in [2.05, 4.69) is 41.0 Å². The van der Waals surface area contributed by atoms with Crippen molar-refractivity contribution < 1.29 is 4.74 Å². The van der Waals surface area contributed by atoms with Crippen molar-refractivity contribution in [2.24, 2.45) is 0 Å². The second-order valence-electron chi connectivity index (χ2n) is 7.64. The molecule has 0 aliphatic carbocycles. The quantitative estimate of drug-likeness (QED) is 0.518. The van der Waals surface area contributed by atoms with Crippen LogP contribution in [0.4, 0.5) is 11.6 Å². The monoisotopic (exact) mass is 418 g/mol. The predicted octanol–water partition coefficient (Wildman–Crippen LogP) is 4.01. The highest BCUT2D eigenvalue weighted by atomic mass is 32.1. The number of thiophene rings is 1. The van der Waals surface area contributed by atoms with Crippen molar-refractivity contribution in [2.75, 3.05) is 25.1 Å². The molecule has 0 spiro atoms. The molecule has 0 atom stereocenters. The van der Waals surface area contributed by atoms with Crippen LogP contribution in [0.3, 0.4) is 0 Å². The zero-order valence-corrected chi connectivity index (χ0v) is 17.7. The number of nitrogens with zero attached hydrogens (tertiary/aromatic N) is 4. The van der Waals surface area contributed by atoms with E-state index in [0.29, 0.717) is 11.6 Å². The summed E-state index contributed by atoms with van der Waals surface area (Å²) in [5.41, 5.74) is 17.8. The Morgan fingerprint density at radius 3 is 2.90 bits per heavy atom. The van der Waals surface area contributed by atoms with E-state index in [1.54, 1.807) is 12.4 Å². The van der Waals surface area contributed by atoms with Crippen molar-refractivity contribution in [1.82, 2.24) is 19.9 Å². The molecule has 7 nitrogen and oxygen atoms in total. The molecule has 0 bridgehead atoms. The average molecular weight is 419 g/mol. The number of hydrogen-bond donors (Lipinski definition) is 2. The highest BCUT2D eigenvalue weighted by molar-refractivity contribution is 7.18. The Morgan fingerprint density at radius 1 is 1.17 bits per heavy atom. The summed E-state index contributed by atoms with van der Waals surface area (Å²) < 4.78 is 6.94. The minimum absolute atomic E-state index is 0.245. The van der Waals surface area contributed by atoms with Gasteiger partial charge in [-0.15, -0.1) is 11.3 Å². The van der Waals surface area contributed by atoms with E-state index in [0.717, 1.165) is 40.9 Å². The van der Waals surface area contributed by atoms with E-state index in [9.17, 15) is 0 Å². The Morgan fingerprint density at radius 2 is 2.03 bits per heavy atom. The maximum atomic E-state index is 6.08. The summed E-state index contributed by atoms with van der Waals surface area (Å²) in [6.07, 6.45) is 4.43. The Labute approximate surface area is 178 Å². The van der Waals surface area contributed by atoms with Gasteiger partial charge in [-0.25, -0.2) is 15.0 Å². The van der Waals surface area contributed by atoms with Gasteiger partial charge >= 0.3 is 0 Å². The Bertz CT molecular complexity index is 1270. The van der Waals surface area contributed by atoms with Crippen molar-refractivity contribution in [3.63, 3.8) is 0 Å². The average Bonchev–Trinajstić information content (AvgIpc) is 3.13. The molecule has 0 radical (unpaired) electrons. The standard InChI is InChI=1S/C22H22N6OS/c1-12-7-13(8-14-10-28(2)6-4-15(12)14)17-9-26-21(24)22(27-17)29-18-11-30-19-16(18)3-5-25-20(19)23/h3,5,7-9,11H,4,6,10H2,1-2H3,(H2,23,25)(H2,24,26). The van der Waals surface area contributed by atoms with Crippen molar-refractivity contribution in [2.45, 2.75) is 19.9 Å². The van der Waals surface area contributed by atoms with Crippen LogP contribution in [-0.4, -0.2) is 33.4 Å². The first-order chi connectivity index (χ1) is 14.5. The third kappa shape index (κ3) is 3.24. The second kappa shape index (κ2) is 7.23. The first-order valence-electron chi connectivity index (χ1n) is 9.73. The van der Waals surface area contributed by atoms with Gasteiger partial charge in [0, 0.05) is 35.6 Å². The van der Waals surface area contributed by atoms with E-state index < -0.39 is 0 Å². The van der Waals surface area contributed by atoms with Gasteiger partial charge in [0.2, 0.25) is 0 Å². The lowest BCUT2D eigenvalue weighted by Gasteiger charge is -2.27. The number of fused-ring (bicyclic) bond motifs is 2. The number of benzene rings is 1. The van der Waals surface area contributed by atoms with Gasteiger partial charge in [-0.1, -0.05) is 0 Å². The van der Waals surface area contributed by atoms with E-state index in [1.807, 2.05) is 11.4 Å². The molecule has 0 fully saturated rings. The zero-order valence-electron chi connectivity index (χ0n) is 16.8. The molecule has 4 aromatic rings. The van der Waals surface area contributed by atoms with E-state index in [1.165, 1.54) is 28.0 Å². The van der Waals surface area contributed by atoms with Crippen LogP contribution in [0.25, 0.3) is 21.3 Å². The maximum absolute atomic E-state index is 6.08. The lowest BCUT2D eigenvalue weighted by Crippen LogP contribution is -2.27. The Balaban J connectivity index is 1.53. The van der Waals surface area contributed by atoms with E-state index >= 15 is 0 Å². The van der Waals surface area contributed by atoms with Gasteiger partial charge in [0.15, 0.2) is 5.82 Å². The lowest BCUT2D eigenvalue weighted by molar-refractivity contribution is 0.312. The summed E-state index contributed by atoms with van der Waals surface area (Å²) in [4.78, 5) is 15.5. The second-order valence-corrected chi connectivity index (χ2v) is 8.52. The number of pyridine rings is 1. The number of rotatable bonds is 3. The number of nitrogen functional groups attached to an aromatic ring is 2. The molecule has 1 aliphatic heterocycles. The lowest BCUT2D eigenvalue weighted by atomic mass is 9.92. The molecule has 30 heavy (non-hydrogen) atoms. The molecule has 152 valence electrons. The summed E-state index contributed by atoms with van der Waals surface area (Å²) in [5, 5.41) is 2.77. The van der Waals surface area contributed by atoms with Gasteiger partial charge in [0.05, 0.1) is 16.6 Å². The third-order valence-electron chi connectivity index (χ3n) is 5.50. The third-order valence-corrected chi connectivity index (χ3v) is 6.50. The van der Waals surface area contributed by atoms with Crippen molar-refractivity contribution in [3.8, 4) is 22.9 Å². The summed E-state index contributed by atoms with van der Waals surface area (Å²) in [6, 6.07) is 6.24. The number of aromatic nitrogens is 3. The van der Waals surface area contributed by atoms with Crippen LogP contribution in [0.5, 0.6) is 11.6 Å². The molecule has 0 amide bonds. The molecule has 0 saturated heterocycles. The van der Waals surface area contributed by atoms with Gasteiger partial charge in [0.1, 0.15) is 11.6 Å². The normalized spacial score (nSPS) is 14.1. The van der Waals surface area contributed by atoms with Crippen LogP contribution in [0.1, 0.15) is 16.7 Å². The molecular weight excluding hydrogens is 396 g/mol. The minimum Gasteiger partial charge on any atom is -0.434 e. The molecule has 0 unspecified atom stereocenters. The van der Waals surface area contributed by atoms with Crippen LogP contribution in [0.2, 0.25) is 0 Å². The first kappa shape index (κ1) is 18.8. The molecule has 0 saturated carbocycles. The molecule has 8 heteroatoms. The molecule has 1 aromatic carbocycles. The minimum atomic E-state index is 0.245. The van der Waals surface area contributed by atoms with Crippen LogP contribution < -0.4 is 16.2 Å². The van der Waals surface area contributed by atoms with Gasteiger partial charge in [-0.2, -0.15) is 0 Å². The van der Waals surface area contributed by atoms with Gasteiger partial charge in [0.25, 0.3) is 5.88 Å². The Hall–Kier alpha value is -3.23. The highest BCUT2D eigenvalue weighted by Crippen LogP contribution is 2.38. The number of aryl methyl sites for hydroxylation is 1. The van der Waals surface area contributed by atoms with E-state index in [4.69, 9.17) is 21.2 Å². The topological polar surface area (TPSA) is 103 Å². The predicted molar refractivity (Wildman–Crippen MR) is 121 cm³/mol. The number of anilines is 2. The van der Waals surface area contributed by atoms with Gasteiger partial charge < -0.3 is 21.1 Å². The van der Waals surface area contributed by atoms with Crippen LogP contribution in [-0.2, 0) is 13.0 Å². The van der Waals surface area contributed by atoms with Gasteiger partial charge in [-0.05, 0) is 55.3 Å². The molecule has 4 heterocycles. The molecular formula is C22H22N6OS. The molecule has 5 rings (SSSR count). The van der Waals surface area contributed by atoms with Crippen molar-refractivity contribution in [3.05, 3.63) is 52.7 Å². The largest absolute Gasteiger partial charge is 0.434 e. The van der Waals surface area contributed by atoms with E-state index in [-0.39, 0.29) is 11.7 Å². The summed E-state index contributed by atoms with van der Waals surface area (Å²) in [6.45, 7) is 4.18. The fourth-order valence-corrected chi connectivity index (χ4v) is 4.82. The van der Waals surface area contributed by atoms with Crippen LogP contribution in [0.15, 0.2) is 36.0 Å². The number of ether oxygens (including phenoxy) is 1. The number of likely N-dealkylation sites (N-methyl/N-ethyl adjacent to an activating group) is 1. The molecule has 1 aliphatic rings. The molecule has 3 aromatic heterocycles. The number of nitrogens with two attached hydrogens (primary N) is 2. The highest BCUT2D eigenvalue weighted by Gasteiger charge is 2.18. The maximum Gasteiger partial charge on any atom is 0.263 e. The summed E-state index contributed by atoms with van der Waals surface area (Å²) in [5.74, 6) is 1.66. The number of hydrogen-bond acceptors (Lipinski definition) is 8. The fraction of sp³-hybridized carbons (Fsp3) is 0.227. The fourth-order valence-electron chi connectivity index (χ4n) is 3.95. The molecule has 4 N–H and O–H groups in total. The smallest absolute Gasteiger partial charge is 0.263 e.